The number of nitrogens with one attached hydrogen (secondary N) is 2. The minimum Gasteiger partial charge on any atom is -0.367 e. The van der Waals surface area contributed by atoms with Crippen molar-refractivity contribution in [3.8, 4) is 11.4 Å². The zero-order chi connectivity index (χ0) is 50.9. The number of piperazine rings is 1. The number of hydrogen-bond donors (Lipinski definition) is 2. The van der Waals surface area contributed by atoms with Gasteiger partial charge in [0.05, 0.1) is 56.4 Å². The molecule has 0 radical (unpaired) electrons. The summed E-state index contributed by atoms with van der Waals surface area (Å²) < 4.78 is 117. The fourth-order valence-corrected chi connectivity index (χ4v) is 9.69. The van der Waals surface area contributed by atoms with Crippen LogP contribution in [-0.4, -0.2) is 133 Å². The van der Waals surface area contributed by atoms with Gasteiger partial charge in [0.25, 0.3) is 21.8 Å². The van der Waals surface area contributed by atoms with Crippen LogP contribution in [0.1, 0.15) is 90.1 Å². The minimum absolute atomic E-state index is 0.000274. The van der Waals surface area contributed by atoms with Gasteiger partial charge in [-0.1, -0.05) is 0 Å². The SMILES string of the molecule is [2H]C1([2H])N(CC2CCN(c3nn(C(C)C)c4cc(Nc5ccnc(-c6cnn(S(=O)(=O)C7CC7)c6)n5)ncc34)CC2)C([2H])([2H])C([2H])([2H])N(c2cc3c(cc2F)C(=O)N(C2CCC(=O)NC2=O)C3=O)C1([2H])[2H]. The average Bonchev–Trinajstić information content (AvgIpc) is 3.86. The van der Waals surface area contributed by atoms with Crippen molar-refractivity contribution in [2.24, 2.45) is 5.92 Å². The van der Waals surface area contributed by atoms with Gasteiger partial charge in [-0.3, -0.25) is 39.0 Å². The summed E-state index contributed by atoms with van der Waals surface area (Å²) in [4.78, 5) is 67.9. The number of rotatable bonds is 11. The normalized spacial score (nSPS) is 25.4. The molecule has 10 rings (SSSR count). The number of benzene rings is 1. The van der Waals surface area contributed by atoms with Crippen LogP contribution in [-0.2, 0) is 19.6 Å². The molecule has 1 atom stereocenters. The molecule has 1 unspecified atom stereocenters. The van der Waals surface area contributed by atoms with Crippen LogP contribution < -0.4 is 20.4 Å². The first-order chi connectivity index (χ1) is 33.3. The topological polar surface area (TPSA) is 214 Å². The van der Waals surface area contributed by atoms with E-state index in [2.05, 4.69) is 25.4 Å². The third-order valence-electron chi connectivity index (χ3n) is 11.7. The monoisotopic (exact) mass is 887 g/mol. The lowest BCUT2D eigenvalue weighted by molar-refractivity contribution is -0.136. The van der Waals surface area contributed by atoms with Crippen LogP contribution in [0.3, 0.4) is 0 Å². The molecule has 5 aromatic rings. The Balaban J connectivity index is 0.851. The standard InChI is InChI=1S/C42H46FN13O6S/c1-24(2)56-33-19-36(47-35-7-10-44-38(48-35)26-20-46-54(23-26)63(61,62)27-3-4-27)45-21-30(33)39(50-56)53-11-8-25(9-12-53)22-51-13-15-52(16-14-51)34-18-29-28(17-31(34)43)41(59)55(42(29)60)32-5-6-37(57)49-40(32)58/h7,10,17-21,23-25,27,32H,3-6,8-9,11-16,22H2,1-2H3,(H,49,57,58)(H,44,45,47,48)/i13D2,14D2,15D2,16D2. The predicted octanol–water partition coefficient (Wildman–Crippen LogP) is 3.33. The van der Waals surface area contributed by atoms with Crippen molar-refractivity contribution in [1.82, 2.24) is 49.0 Å². The van der Waals surface area contributed by atoms with Gasteiger partial charge in [0.2, 0.25) is 11.8 Å². The lowest BCUT2D eigenvalue weighted by Crippen LogP contribution is -2.54. The highest BCUT2D eigenvalue weighted by Crippen LogP contribution is 2.36. The van der Waals surface area contributed by atoms with E-state index < -0.39 is 106 Å². The zero-order valence-electron chi connectivity index (χ0n) is 41.9. The molecule has 1 aliphatic carbocycles. The second-order valence-electron chi connectivity index (χ2n) is 16.3. The van der Waals surface area contributed by atoms with Crippen molar-refractivity contribution < 1.29 is 43.0 Å². The minimum atomic E-state index is -3.58. The van der Waals surface area contributed by atoms with E-state index in [1.807, 2.05) is 34.8 Å². The maximum atomic E-state index is 16.2. The molecule has 63 heavy (non-hydrogen) atoms. The third kappa shape index (κ3) is 7.55. The van der Waals surface area contributed by atoms with Crippen molar-refractivity contribution in [1.29, 1.82) is 0 Å². The molecule has 5 aliphatic rings. The van der Waals surface area contributed by atoms with E-state index in [0.29, 0.717) is 89.1 Å². The second-order valence-corrected chi connectivity index (χ2v) is 18.4. The molecule has 4 amide bonds. The number of imide groups is 2. The number of piperidine rings is 2. The first kappa shape index (κ1) is 32.3. The van der Waals surface area contributed by atoms with Gasteiger partial charge in [0, 0.05) is 82.0 Å². The average molecular weight is 888 g/mol. The highest BCUT2D eigenvalue weighted by atomic mass is 32.2. The summed E-state index contributed by atoms with van der Waals surface area (Å²) in [6.07, 6.45) is 7.43. The van der Waals surface area contributed by atoms with E-state index in [0.717, 1.165) is 9.60 Å². The summed E-state index contributed by atoms with van der Waals surface area (Å²) in [5.74, 6) is -3.99. The highest BCUT2D eigenvalue weighted by Gasteiger charge is 2.45. The van der Waals surface area contributed by atoms with Crippen molar-refractivity contribution in [3.63, 3.8) is 0 Å². The molecule has 4 aliphatic heterocycles. The maximum absolute atomic E-state index is 16.2. The molecule has 2 N–H and O–H groups in total. The zero-order valence-corrected chi connectivity index (χ0v) is 34.8. The Kier molecular flexibility index (Phi) is 8.10. The number of carbonyl (C=O) groups is 4. The third-order valence-corrected chi connectivity index (χ3v) is 13.7. The Bertz CT molecular complexity index is 3150. The second kappa shape index (κ2) is 15.8. The Hall–Kier alpha value is -6.35. The van der Waals surface area contributed by atoms with E-state index in [9.17, 15) is 27.6 Å². The van der Waals surface area contributed by atoms with Crippen molar-refractivity contribution in [2.75, 3.05) is 60.7 Å². The highest BCUT2D eigenvalue weighted by molar-refractivity contribution is 7.90. The molecule has 8 heterocycles. The maximum Gasteiger partial charge on any atom is 0.262 e. The Labute approximate surface area is 372 Å². The molecule has 21 heteroatoms. The summed E-state index contributed by atoms with van der Waals surface area (Å²) in [6.45, 7) is -9.47. The molecular weight excluding hydrogens is 834 g/mol. The number of pyridine rings is 1. The van der Waals surface area contributed by atoms with E-state index >= 15 is 4.39 Å². The molecule has 328 valence electrons. The molecular formula is C42H46FN13O6S. The van der Waals surface area contributed by atoms with Gasteiger partial charge in [-0.2, -0.15) is 14.3 Å². The molecule has 0 spiro atoms. The number of hydrogen-bond acceptors (Lipinski definition) is 15. The molecule has 4 aromatic heterocycles. The Morgan fingerprint density at radius 1 is 0.921 bits per heavy atom. The fraction of sp³-hybridized carbons (Fsp3) is 0.452. The van der Waals surface area contributed by atoms with Crippen LogP contribution in [0.25, 0.3) is 22.3 Å². The van der Waals surface area contributed by atoms with Crippen LogP contribution in [0.2, 0.25) is 0 Å². The van der Waals surface area contributed by atoms with Gasteiger partial charge in [0.15, 0.2) is 11.6 Å². The first-order valence-corrected chi connectivity index (χ1v) is 22.0. The van der Waals surface area contributed by atoms with E-state index in [1.165, 1.54) is 18.6 Å². The largest absolute Gasteiger partial charge is 0.367 e. The fourth-order valence-electron chi connectivity index (χ4n) is 8.21. The van der Waals surface area contributed by atoms with Crippen LogP contribution in [0.4, 0.5) is 27.5 Å². The summed E-state index contributed by atoms with van der Waals surface area (Å²) in [5.41, 5.74) is -0.937. The lowest BCUT2D eigenvalue weighted by Gasteiger charge is -2.39. The number of fused-ring (bicyclic) bond motifs is 2. The van der Waals surface area contributed by atoms with E-state index in [4.69, 9.17) is 16.1 Å². The molecule has 1 saturated carbocycles. The molecule has 4 fully saturated rings. The first-order valence-electron chi connectivity index (χ1n) is 24.5. The van der Waals surface area contributed by atoms with Gasteiger partial charge in [0.1, 0.15) is 23.5 Å². The van der Waals surface area contributed by atoms with Gasteiger partial charge < -0.3 is 15.1 Å². The molecule has 0 bridgehead atoms. The Morgan fingerprint density at radius 3 is 2.38 bits per heavy atom. The quantitative estimate of drug-likeness (QED) is 0.182. The Morgan fingerprint density at radius 2 is 1.67 bits per heavy atom. The lowest BCUT2D eigenvalue weighted by atomic mass is 9.95. The summed E-state index contributed by atoms with van der Waals surface area (Å²) in [7, 11) is -3.58. The summed E-state index contributed by atoms with van der Waals surface area (Å²) in [5, 5.41) is 14.5. The van der Waals surface area contributed by atoms with Crippen molar-refractivity contribution in [2.45, 2.75) is 69.7 Å². The number of anilines is 4. The number of amides is 4. The van der Waals surface area contributed by atoms with Crippen molar-refractivity contribution in [3.05, 3.63) is 66.0 Å². The van der Waals surface area contributed by atoms with E-state index in [-0.39, 0.29) is 29.6 Å². The van der Waals surface area contributed by atoms with Gasteiger partial charge in [-0.05, 0) is 70.1 Å². The molecule has 3 saturated heterocycles. The van der Waals surface area contributed by atoms with Crippen LogP contribution in [0.5, 0.6) is 0 Å². The summed E-state index contributed by atoms with van der Waals surface area (Å²) in [6, 6.07) is 3.15. The van der Waals surface area contributed by atoms with Crippen LogP contribution >= 0.6 is 0 Å². The van der Waals surface area contributed by atoms with Crippen LogP contribution in [0, 0.1) is 11.7 Å². The number of halogens is 1. The molecule has 19 nitrogen and oxygen atoms in total. The van der Waals surface area contributed by atoms with Crippen molar-refractivity contribution >= 4 is 67.7 Å². The number of nitrogens with zero attached hydrogens (tertiary/aromatic N) is 11. The van der Waals surface area contributed by atoms with Crippen LogP contribution in [0.15, 0.2) is 49.1 Å². The number of carbonyl (C=O) groups excluding carboxylic acids is 4. The number of aromatic nitrogens is 7. The smallest absolute Gasteiger partial charge is 0.262 e. The molecule has 1 aromatic carbocycles. The van der Waals surface area contributed by atoms with Gasteiger partial charge >= 0.3 is 0 Å². The van der Waals surface area contributed by atoms with E-state index in [1.54, 1.807) is 12.3 Å². The predicted molar refractivity (Wildman–Crippen MR) is 228 cm³/mol. The summed E-state index contributed by atoms with van der Waals surface area (Å²) >= 11 is 0. The van der Waals surface area contributed by atoms with Gasteiger partial charge in [-0.25, -0.2) is 27.8 Å². The van der Waals surface area contributed by atoms with Gasteiger partial charge in [-0.15, -0.1) is 0 Å².